The summed E-state index contributed by atoms with van der Waals surface area (Å²) in [6, 6.07) is 10.7. The van der Waals surface area contributed by atoms with Gasteiger partial charge in [0.05, 0.1) is 9.79 Å². The number of rotatable bonds is 3. The molecule has 2 heterocycles. The number of sulfone groups is 1. The largest absolute Gasteiger partial charge is 0.369 e. The maximum Gasteiger partial charge on any atom is 0.208 e. The van der Waals surface area contributed by atoms with Crippen molar-refractivity contribution in [1.29, 1.82) is 0 Å². The fraction of sp³-hybridized carbons (Fsp3) is 0.300. The first-order valence-corrected chi connectivity index (χ1v) is 10.8. The van der Waals surface area contributed by atoms with Gasteiger partial charge in [0.2, 0.25) is 9.84 Å². The molecule has 0 spiro atoms. The Balaban J connectivity index is 1.84. The zero-order chi connectivity index (χ0) is 19.2. The van der Waals surface area contributed by atoms with Gasteiger partial charge in [-0.2, -0.15) is 0 Å². The molecule has 4 rings (SSSR count). The quantitative estimate of drug-likeness (QED) is 0.728. The normalized spacial score (nSPS) is 15.4. The lowest BCUT2D eigenvalue weighted by Crippen LogP contribution is -2.43. The van der Waals surface area contributed by atoms with E-state index in [1.165, 1.54) is 0 Å². The molecule has 0 radical (unpaired) electrons. The van der Waals surface area contributed by atoms with Gasteiger partial charge in [0.1, 0.15) is 0 Å². The topological polar surface area (TPSA) is 54.3 Å². The van der Waals surface area contributed by atoms with Crippen LogP contribution in [0.25, 0.3) is 10.9 Å². The molecule has 3 aromatic rings. The van der Waals surface area contributed by atoms with Gasteiger partial charge in [-0.25, -0.2) is 8.42 Å². The Kier molecular flexibility index (Phi) is 4.66. The number of hydrogen-bond donors (Lipinski definition) is 1. The van der Waals surface area contributed by atoms with Gasteiger partial charge in [-0.1, -0.05) is 17.7 Å². The monoisotopic (exact) mass is 403 g/mol. The molecular weight excluding hydrogens is 382 g/mol. The van der Waals surface area contributed by atoms with Gasteiger partial charge in [-0.15, -0.1) is 0 Å². The minimum absolute atomic E-state index is 0.289. The van der Waals surface area contributed by atoms with Crippen LogP contribution in [0.1, 0.15) is 5.56 Å². The van der Waals surface area contributed by atoms with Crippen LogP contribution in [-0.2, 0) is 16.9 Å². The number of nitrogens with zero attached hydrogens (tertiary/aromatic N) is 2. The molecule has 0 aliphatic carbocycles. The average Bonchev–Trinajstić information content (AvgIpc) is 2.99. The summed E-state index contributed by atoms with van der Waals surface area (Å²) in [5, 5.41) is 4.50. The highest BCUT2D eigenvalue weighted by Crippen LogP contribution is 2.33. The molecule has 2 aromatic carbocycles. The van der Waals surface area contributed by atoms with Crippen molar-refractivity contribution in [2.75, 3.05) is 31.1 Å². The van der Waals surface area contributed by atoms with E-state index in [9.17, 15) is 8.42 Å². The Hall–Kier alpha value is -2.02. The molecule has 142 valence electrons. The predicted octanol–water partition coefficient (Wildman–Crippen LogP) is 3.38. The lowest BCUT2D eigenvalue weighted by molar-refractivity contribution is 0.586. The Labute approximate surface area is 164 Å². The van der Waals surface area contributed by atoms with E-state index in [2.05, 4.69) is 10.2 Å². The summed E-state index contributed by atoms with van der Waals surface area (Å²) in [6.07, 6.45) is 1.67. The molecule has 1 saturated heterocycles. The van der Waals surface area contributed by atoms with E-state index in [1.807, 2.05) is 30.7 Å². The molecule has 0 atom stereocenters. The van der Waals surface area contributed by atoms with Crippen molar-refractivity contribution < 1.29 is 8.42 Å². The Bertz CT molecular complexity index is 1120. The van der Waals surface area contributed by atoms with Crippen molar-refractivity contribution in [3.8, 4) is 0 Å². The van der Waals surface area contributed by atoms with Crippen molar-refractivity contribution in [2.45, 2.75) is 16.7 Å². The SMILES string of the molecule is Cc1ccc(S(=O)(=O)c2cn(C)c3ccc(Cl)cc23)cc1N1CCNCC1. The summed E-state index contributed by atoms with van der Waals surface area (Å²) in [7, 11) is -1.82. The molecule has 1 aliphatic rings. The number of nitrogens with one attached hydrogen (secondary N) is 1. The molecular formula is C20H22ClN3O2S. The number of piperazine rings is 1. The van der Waals surface area contributed by atoms with E-state index in [0.29, 0.717) is 15.3 Å². The maximum absolute atomic E-state index is 13.4. The third-order valence-corrected chi connectivity index (χ3v) is 7.17. The molecule has 27 heavy (non-hydrogen) atoms. The van der Waals surface area contributed by atoms with Gasteiger partial charge in [-0.05, 0) is 42.8 Å². The summed E-state index contributed by atoms with van der Waals surface area (Å²) in [6.45, 7) is 5.56. The van der Waals surface area contributed by atoms with Crippen LogP contribution in [0, 0.1) is 6.92 Å². The van der Waals surface area contributed by atoms with Crippen LogP contribution in [-0.4, -0.2) is 39.2 Å². The van der Waals surface area contributed by atoms with Gasteiger partial charge < -0.3 is 14.8 Å². The van der Waals surface area contributed by atoms with E-state index in [0.717, 1.165) is 42.9 Å². The van der Waals surface area contributed by atoms with E-state index < -0.39 is 9.84 Å². The van der Waals surface area contributed by atoms with E-state index in [-0.39, 0.29) is 4.90 Å². The molecule has 5 nitrogen and oxygen atoms in total. The maximum atomic E-state index is 13.4. The molecule has 1 N–H and O–H groups in total. The number of aromatic nitrogens is 1. The smallest absolute Gasteiger partial charge is 0.208 e. The zero-order valence-corrected chi connectivity index (χ0v) is 16.9. The van der Waals surface area contributed by atoms with E-state index in [1.54, 1.807) is 30.5 Å². The summed E-state index contributed by atoms with van der Waals surface area (Å²) in [5.74, 6) is 0. The number of fused-ring (bicyclic) bond motifs is 1. The Morgan fingerprint density at radius 2 is 1.81 bits per heavy atom. The zero-order valence-electron chi connectivity index (χ0n) is 15.4. The molecule has 7 heteroatoms. The summed E-state index contributed by atoms with van der Waals surface area (Å²) in [4.78, 5) is 2.84. The Morgan fingerprint density at radius 3 is 2.56 bits per heavy atom. The standard InChI is InChI=1S/C20H22ClN3O2S/c1-14-3-5-16(12-19(14)24-9-7-22-8-10-24)27(25,26)20-13-23(2)18-6-4-15(21)11-17(18)20/h3-6,11-13,22H,7-10H2,1-2H3. The van der Waals surface area contributed by atoms with Crippen LogP contribution >= 0.6 is 11.6 Å². The van der Waals surface area contributed by atoms with Crippen molar-refractivity contribution in [2.24, 2.45) is 7.05 Å². The number of anilines is 1. The van der Waals surface area contributed by atoms with Crippen molar-refractivity contribution in [3.05, 3.63) is 53.2 Å². The molecule has 1 fully saturated rings. The van der Waals surface area contributed by atoms with Crippen LogP contribution in [0.3, 0.4) is 0 Å². The number of hydrogen-bond acceptors (Lipinski definition) is 4. The molecule has 0 bridgehead atoms. The molecule has 0 unspecified atom stereocenters. The van der Waals surface area contributed by atoms with Crippen LogP contribution in [0.2, 0.25) is 5.02 Å². The second kappa shape index (κ2) is 6.86. The van der Waals surface area contributed by atoms with Crippen LogP contribution in [0.5, 0.6) is 0 Å². The van der Waals surface area contributed by atoms with Crippen molar-refractivity contribution in [3.63, 3.8) is 0 Å². The van der Waals surface area contributed by atoms with Crippen LogP contribution in [0.15, 0.2) is 52.4 Å². The summed E-state index contributed by atoms with van der Waals surface area (Å²) < 4.78 is 28.7. The fourth-order valence-corrected chi connectivity index (χ4v) is 5.36. The number of aryl methyl sites for hydroxylation is 2. The second-order valence-electron chi connectivity index (χ2n) is 6.95. The number of benzene rings is 2. The van der Waals surface area contributed by atoms with Crippen molar-refractivity contribution in [1.82, 2.24) is 9.88 Å². The molecule has 1 aliphatic heterocycles. The predicted molar refractivity (Wildman–Crippen MR) is 110 cm³/mol. The minimum Gasteiger partial charge on any atom is -0.369 e. The van der Waals surface area contributed by atoms with E-state index in [4.69, 9.17) is 11.6 Å². The van der Waals surface area contributed by atoms with Gasteiger partial charge >= 0.3 is 0 Å². The highest BCUT2D eigenvalue weighted by Gasteiger charge is 2.25. The summed E-state index contributed by atoms with van der Waals surface area (Å²) in [5.41, 5.74) is 2.90. The van der Waals surface area contributed by atoms with Gasteiger partial charge in [0.25, 0.3) is 0 Å². The van der Waals surface area contributed by atoms with Gasteiger partial charge in [0, 0.05) is 61.0 Å². The van der Waals surface area contributed by atoms with Gasteiger partial charge in [0.15, 0.2) is 0 Å². The first kappa shape index (κ1) is 18.3. The number of halogens is 1. The highest BCUT2D eigenvalue weighted by atomic mass is 35.5. The van der Waals surface area contributed by atoms with Crippen molar-refractivity contribution >= 4 is 38.0 Å². The Morgan fingerprint density at radius 1 is 1.07 bits per heavy atom. The highest BCUT2D eigenvalue weighted by molar-refractivity contribution is 7.91. The second-order valence-corrected chi connectivity index (χ2v) is 9.31. The summed E-state index contributed by atoms with van der Waals surface area (Å²) >= 11 is 6.13. The third-order valence-electron chi connectivity index (χ3n) is 5.15. The molecule has 0 amide bonds. The van der Waals surface area contributed by atoms with E-state index >= 15 is 0 Å². The lowest BCUT2D eigenvalue weighted by Gasteiger charge is -2.31. The minimum atomic E-state index is -3.66. The first-order chi connectivity index (χ1) is 12.9. The molecule has 0 saturated carbocycles. The fourth-order valence-electron chi connectivity index (χ4n) is 3.67. The van der Waals surface area contributed by atoms with Crippen LogP contribution < -0.4 is 10.2 Å². The van der Waals surface area contributed by atoms with Gasteiger partial charge in [-0.3, -0.25) is 0 Å². The average molecular weight is 404 g/mol. The first-order valence-electron chi connectivity index (χ1n) is 8.94. The molecule has 1 aromatic heterocycles. The third kappa shape index (κ3) is 3.22. The van der Waals surface area contributed by atoms with Crippen LogP contribution in [0.4, 0.5) is 5.69 Å². The lowest BCUT2D eigenvalue weighted by atomic mass is 10.1.